The number of halogens is 3. The lowest BCUT2D eigenvalue weighted by Crippen LogP contribution is -2.04. The summed E-state index contributed by atoms with van der Waals surface area (Å²) in [5.74, 6) is -0.292. The lowest BCUT2D eigenvalue weighted by Gasteiger charge is -2.02. The maximum atomic E-state index is 13.1. The Morgan fingerprint density at radius 2 is 2.06 bits per heavy atom. The number of aryl methyl sites for hydroxylation is 1. The van der Waals surface area contributed by atoms with Gasteiger partial charge in [-0.1, -0.05) is 0 Å². The summed E-state index contributed by atoms with van der Waals surface area (Å²) in [6.45, 7) is 3.33. The molecule has 0 radical (unpaired) electrons. The first-order valence-electron chi connectivity index (χ1n) is 4.70. The van der Waals surface area contributed by atoms with Gasteiger partial charge >= 0.3 is 0 Å². The second-order valence-corrected chi connectivity index (χ2v) is 4.99. The van der Waals surface area contributed by atoms with Crippen molar-refractivity contribution in [2.75, 3.05) is 0 Å². The van der Waals surface area contributed by atoms with Crippen molar-refractivity contribution in [1.82, 2.24) is 19.6 Å². The van der Waals surface area contributed by atoms with Crippen LogP contribution >= 0.6 is 38.5 Å². The van der Waals surface area contributed by atoms with Gasteiger partial charge in [0, 0.05) is 12.1 Å². The van der Waals surface area contributed by atoms with Gasteiger partial charge in [-0.05, 0) is 45.4 Å². The van der Waals surface area contributed by atoms with Gasteiger partial charge in [-0.25, -0.2) is 4.39 Å². The highest BCUT2D eigenvalue weighted by Crippen LogP contribution is 2.19. The number of rotatable bonds is 3. The third-order valence-electron chi connectivity index (χ3n) is 2.20. The topological polar surface area (TPSA) is 35.6 Å². The summed E-state index contributed by atoms with van der Waals surface area (Å²) in [6, 6.07) is 0. The van der Waals surface area contributed by atoms with E-state index >= 15 is 0 Å². The van der Waals surface area contributed by atoms with E-state index in [2.05, 4.69) is 26.1 Å². The van der Waals surface area contributed by atoms with Crippen molar-refractivity contribution in [2.45, 2.75) is 20.0 Å². The minimum absolute atomic E-state index is 0.292. The van der Waals surface area contributed by atoms with Gasteiger partial charge in [0.25, 0.3) is 0 Å². The summed E-state index contributed by atoms with van der Waals surface area (Å²) >= 11 is 5.40. The predicted octanol–water partition coefficient (Wildman–Crippen LogP) is 2.65. The molecule has 0 spiro atoms. The standard InChI is InChI=1S/C9H9BrFIN4/c1-2-15-8(10)6(3-13-15)5-16-9(12)7(11)4-14-16/h3-4H,2,5H2,1H3. The van der Waals surface area contributed by atoms with E-state index in [9.17, 15) is 4.39 Å². The lowest BCUT2D eigenvalue weighted by molar-refractivity contribution is 0.602. The molecule has 0 bridgehead atoms. The Balaban J connectivity index is 2.27. The molecule has 0 aromatic carbocycles. The Labute approximate surface area is 114 Å². The molecule has 0 saturated heterocycles. The smallest absolute Gasteiger partial charge is 0.174 e. The van der Waals surface area contributed by atoms with E-state index in [1.165, 1.54) is 6.20 Å². The van der Waals surface area contributed by atoms with Crippen molar-refractivity contribution in [1.29, 1.82) is 0 Å². The van der Waals surface area contributed by atoms with Gasteiger partial charge in [0.1, 0.15) is 8.30 Å². The van der Waals surface area contributed by atoms with Gasteiger partial charge in [-0.15, -0.1) is 0 Å². The second kappa shape index (κ2) is 4.82. The van der Waals surface area contributed by atoms with Gasteiger partial charge < -0.3 is 0 Å². The maximum Gasteiger partial charge on any atom is 0.174 e. The molecule has 4 nitrogen and oxygen atoms in total. The highest BCUT2D eigenvalue weighted by atomic mass is 127. The van der Waals surface area contributed by atoms with Gasteiger partial charge in [0.15, 0.2) is 5.82 Å². The summed E-state index contributed by atoms with van der Waals surface area (Å²) in [7, 11) is 0. The molecular weight excluding hydrogens is 390 g/mol. The largest absolute Gasteiger partial charge is 0.258 e. The number of hydrogen-bond donors (Lipinski definition) is 0. The average molecular weight is 399 g/mol. The fourth-order valence-electron chi connectivity index (χ4n) is 1.35. The molecule has 2 aromatic rings. The van der Waals surface area contributed by atoms with Crippen LogP contribution in [0.5, 0.6) is 0 Å². The van der Waals surface area contributed by atoms with E-state index in [-0.39, 0.29) is 5.82 Å². The molecule has 2 rings (SSSR count). The normalized spacial score (nSPS) is 11.0. The maximum absolute atomic E-state index is 13.1. The van der Waals surface area contributed by atoms with Gasteiger partial charge in [-0.2, -0.15) is 10.2 Å². The van der Waals surface area contributed by atoms with Crippen LogP contribution in [0.1, 0.15) is 12.5 Å². The Kier molecular flexibility index (Phi) is 3.63. The van der Waals surface area contributed by atoms with Crippen LogP contribution in [0.2, 0.25) is 0 Å². The zero-order chi connectivity index (χ0) is 11.7. The van der Waals surface area contributed by atoms with Crippen molar-refractivity contribution in [2.24, 2.45) is 0 Å². The summed E-state index contributed by atoms with van der Waals surface area (Å²) < 4.78 is 18.0. The summed E-state index contributed by atoms with van der Waals surface area (Å²) in [5.41, 5.74) is 0.989. The third kappa shape index (κ3) is 2.15. The molecule has 2 aromatic heterocycles. The van der Waals surface area contributed by atoms with Crippen molar-refractivity contribution >= 4 is 38.5 Å². The molecule has 0 amide bonds. The second-order valence-electron chi connectivity index (χ2n) is 3.22. The lowest BCUT2D eigenvalue weighted by atomic mass is 10.4. The molecular formula is C9H9BrFIN4. The summed E-state index contributed by atoms with van der Waals surface area (Å²) in [5, 5.41) is 8.16. The van der Waals surface area contributed by atoms with Gasteiger partial charge in [0.2, 0.25) is 0 Å². The third-order valence-corrected chi connectivity index (χ3v) is 4.19. The zero-order valence-electron chi connectivity index (χ0n) is 8.49. The van der Waals surface area contributed by atoms with Crippen LogP contribution in [-0.4, -0.2) is 19.6 Å². The molecule has 86 valence electrons. The van der Waals surface area contributed by atoms with Crippen molar-refractivity contribution < 1.29 is 4.39 Å². The van der Waals surface area contributed by atoms with Crippen LogP contribution in [0.25, 0.3) is 0 Å². The van der Waals surface area contributed by atoms with Crippen LogP contribution in [0.4, 0.5) is 4.39 Å². The van der Waals surface area contributed by atoms with E-state index in [0.29, 0.717) is 10.2 Å². The fraction of sp³-hybridized carbons (Fsp3) is 0.333. The highest BCUT2D eigenvalue weighted by molar-refractivity contribution is 14.1. The molecule has 2 heterocycles. The van der Waals surface area contributed by atoms with Crippen LogP contribution in [-0.2, 0) is 13.1 Å². The van der Waals surface area contributed by atoms with Crippen molar-refractivity contribution in [3.05, 3.63) is 32.1 Å². The van der Waals surface area contributed by atoms with E-state index in [4.69, 9.17) is 0 Å². The monoisotopic (exact) mass is 398 g/mol. The predicted molar refractivity (Wildman–Crippen MR) is 69.6 cm³/mol. The van der Waals surface area contributed by atoms with E-state index in [1.54, 1.807) is 10.9 Å². The van der Waals surface area contributed by atoms with E-state index in [1.807, 2.05) is 34.2 Å². The van der Waals surface area contributed by atoms with Crippen LogP contribution in [0.3, 0.4) is 0 Å². The Hall–Kier alpha value is -0.440. The SMILES string of the molecule is CCn1ncc(Cn2ncc(F)c2I)c1Br. The van der Waals surface area contributed by atoms with Gasteiger partial charge in [-0.3, -0.25) is 9.36 Å². The first-order chi connectivity index (χ1) is 7.63. The molecule has 0 atom stereocenters. The van der Waals surface area contributed by atoms with Crippen molar-refractivity contribution in [3.8, 4) is 0 Å². The Bertz CT molecular complexity index is 508. The molecule has 0 aliphatic heterocycles. The van der Waals surface area contributed by atoms with E-state index in [0.717, 1.165) is 16.7 Å². The van der Waals surface area contributed by atoms with Crippen LogP contribution in [0, 0.1) is 9.52 Å². The van der Waals surface area contributed by atoms with Crippen LogP contribution in [0.15, 0.2) is 17.0 Å². The minimum atomic E-state index is -0.292. The first kappa shape index (κ1) is 12.0. The fourth-order valence-corrected chi connectivity index (χ4v) is 2.36. The number of aromatic nitrogens is 4. The van der Waals surface area contributed by atoms with Crippen LogP contribution < -0.4 is 0 Å². The van der Waals surface area contributed by atoms with Gasteiger partial charge in [0.05, 0.1) is 18.9 Å². The molecule has 0 saturated carbocycles. The van der Waals surface area contributed by atoms with Crippen molar-refractivity contribution in [3.63, 3.8) is 0 Å². The Morgan fingerprint density at radius 3 is 2.56 bits per heavy atom. The van der Waals surface area contributed by atoms with E-state index < -0.39 is 0 Å². The average Bonchev–Trinajstić information content (AvgIpc) is 2.77. The highest BCUT2D eigenvalue weighted by Gasteiger charge is 2.11. The quantitative estimate of drug-likeness (QED) is 0.745. The summed E-state index contributed by atoms with van der Waals surface area (Å²) in [4.78, 5) is 0. The zero-order valence-corrected chi connectivity index (χ0v) is 12.2. The molecule has 0 aliphatic carbocycles. The molecule has 0 unspecified atom stereocenters. The molecule has 0 fully saturated rings. The minimum Gasteiger partial charge on any atom is -0.258 e. The Morgan fingerprint density at radius 1 is 1.38 bits per heavy atom. The first-order valence-corrected chi connectivity index (χ1v) is 6.57. The number of nitrogens with zero attached hydrogens (tertiary/aromatic N) is 4. The number of hydrogen-bond acceptors (Lipinski definition) is 2. The summed E-state index contributed by atoms with van der Waals surface area (Å²) in [6.07, 6.45) is 2.99. The molecule has 7 heteroatoms. The molecule has 0 aliphatic rings. The molecule has 0 N–H and O–H groups in total. The molecule has 16 heavy (non-hydrogen) atoms.